The third-order valence-corrected chi connectivity index (χ3v) is 4.89. The quantitative estimate of drug-likeness (QED) is 0.906. The maximum atomic E-state index is 9.98. The molecule has 1 N–H and O–H groups in total. The fraction of sp³-hybridized carbons (Fsp3) is 0.500. The van der Waals surface area contributed by atoms with Crippen LogP contribution in [0.15, 0.2) is 24.5 Å². The van der Waals surface area contributed by atoms with Gasteiger partial charge in [-0.2, -0.15) is 0 Å². The fourth-order valence-electron chi connectivity index (χ4n) is 3.75. The third-order valence-electron chi connectivity index (χ3n) is 4.89. The number of methoxy groups -OCH3 is 2. The normalized spacial score (nSPS) is 28.2. The summed E-state index contributed by atoms with van der Waals surface area (Å²) in [4.78, 5) is 4.54. The van der Waals surface area contributed by atoms with Crippen LogP contribution in [-0.2, 0) is 9.47 Å². The third kappa shape index (κ3) is 2.59. The predicted molar refractivity (Wildman–Crippen MR) is 90.0 cm³/mol. The molecule has 0 aliphatic carbocycles. The highest BCUT2D eigenvalue weighted by atomic mass is 16.6. The van der Waals surface area contributed by atoms with E-state index in [2.05, 4.69) is 4.98 Å². The van der Waals surface area contributed by atoms with Crippen LogP contribution in [0.2, 0.25) is 0 Å². The van der Waals surface area contributed by atoms with E-state index in [0.29, 0.717) is 24.7 Å². The molecule has 1 aromatic carbocycles. The van der Waals surface area contributed by atoms with E-state index in [1.54, 1.807) is 20.4 Å². The maximum Gasteiger partial charge on any atom is 0.171 e. The number of imidazole rings is 1. The van der Waals surface area contributed by atoms with Crippen LogP contribution < -0.4 is 9.47 Å². The zero-order chi connectivity index (χ0) is 17.6. The van der Waals surface area contributed by atoms with Gasteiger partial charge in [-0.05, 0) is 24.6 Å². The first kappa shape index (κ1) is 16.4. The molecule has 0 amide bonds. The summed E-state index contributed by atoms with van der Waals surface area (Å²) >= 11 is 0. The highest BCUT2D eigenvalue weighted by molar-refractivity contribution is 5.70. The van der Waals surface area contributed by atoms with Crippen LogP contribution in [-0.4, -0.2) is 60.4 Å². The van der Waals surface area contributed by atoms with Crippen molar-refractivity contribution in [2.75, 3.05) is 27.4 Å². The molecule has 25 heavy (non-hydrogen) atoms. The fourth-order valence-corrected chi connectivity index (χ4v) is 3.75. The van der Waals surface area contributed by atoms with Crippen molar-refractivity contribution in [3.63, 3.8) is 0 Å². The van der Waals surface area contributed by atoms with Crippen molar-refractivity contribution >= 4 is 0 Å². The summed E-state index contributed by atoms with van der Waals surface area (Å²) < 4.78 is 24.6. The Balaban J connectivity index is 1.77. The first-order valence-corrected chi connectivity index (χ1v) is 8.31. The number of fused-ring (bicyclic) bond motifs is 1. The average molecular weight is 346 g/mol. The molecule has 134 valence electrons. The average Bonchev–Trinajstić information content (AvgIpc) is 3.31. The molecule has 0 bridgehead atoms. The number of aryl methyl sites for hydroxylation is 1. The Morgan fingerprint density at radius 1 is 1.16 bits per heavy atom. The molecule has 7 nitrogen and oxygen atoms in total. The van der Waals surface area contributed by atoms with Gasteiger partial charge in [0.15, 0.2) is 11.5 Å². The van der Waals surface area contributed by atoms with Gasteiger partial charge in [-0.1, -0.05) is 0 Å². The summed E-state index contributed by atoms with van der Waals surface area (Å²) in [6, 6.07) is 3.91. The van der Waals surface area contributed by atoms with Gasteiger partial charge in [0.25, 0.3) is 0 Å². The number of hydrogen-bond acceptors (Lipinski definition) is 6. The van der Waals surface area contributed by atoms with E-state index in [-0.39, 0.29) is 18.2 Å². The molecule has 0 radical (unpaired) electrons. The molecular weight excluding hydrogens is 324 g/mol. The van der Waals surface area contributed by atoms with Gasteiger partial charge in [-0.25, -0.2) is 4.98 Å². The summed E-state index contributed by atoms with van der Waals surface area (Å²) in [5.41, 5.74) is 1.90. The number of aromatic nitrogens is 2. The van der Waals surface area contributed by atoms with E-state index in [1.165, 1.54) is 0 Å². The van der Waals surface area contributed by atoms with Crippen LogP contribution in [0.1, 0.15) is 11.6 Å². The Bertz CT molecular complexity index is 775. The second-order valence-electron chi connectivity index (χ2n) is 6.44. The van der Waals surface area contributed by atoms with Crippen molar-refractivity contribution in [2.24, 2.45) is 0 Å². The molecule has 2 fully saturated rings. The van der Waals surface area contributed by atoms with Crippen molar-refractivity contribution in [1.29, 1.82) is 0 Å². The van der Waals surface area contributed by atoms with Gasteiger partial charge in [0.05, 0.1) is 39.0 Å². The summed E-state index contributed by atoms with van der Waals surface area (Å²) in [6.45, 7) is 2.78. The SMILES string of the molecule is COc1cc(C)cc(-c2nccn2[C@@H]2CO[C@H]3[C@@H]2OC[C@H]3O)c1OC. The van der Waals surface area contributed by atoms with Gasteiger partial charge >= 0.3 is 0 Å². The van der Waals surface area contributed by atoms with Gasteiger partial charge in [-0.3, -0.25) is 0 Å². The number of rotatable bonds is 4. The van der Waals surface area contributed by atoms with Gasteiger partial charge in [-0.15, -0.1) is 0 Å². The minimum Gasteiger partial charge on any atom is -0.493 e. The van der Waals surface area contributed by atoms with Crippen LogP contribution in [0.5, 0.6) is 11.5 Å². The van der Waals surface area contributed by atoms with E-state index in [4.69, 9.17) is 18.9 Å². The lowest BCUT2D eigenvalue weighted by atomic mass is 10.1. The van der Waals surface area contributed by atoms with Crippen molar-refractivity contribution in [2.45, 2.75) is 31.3 Å². The maximum absolute atomic E-state index is 9.98. The number of nitrogens with zero attached hydrogens (tertiary/aromatic N) is 2. The summed E-state index contributed by atoms with van der Waals surface area (Å²) in [6.07, 6.45) is 2.63. The van der Waals surface area contributed by atoms with Crippen molar-refractivity contribution < 1.29 is 24.1 Å². The van der Waals surface area contributed by atoms with Crippen LogP contribution >= 0.6 is 0 Å². The van der Waals surface area contributed by atoms with Crippen LogP contribution in [0.4, 0.5) is 0 Å². The monoisotopic (exact) mass is 346 g/mol. The Kier molecular flexibility index (Phi) is 4.15. The number of benzene rings is 1. The lowest BCUT2D eigenvalue weighted by molar-refractivity contribution is 0.0172. The Morgan fingerprint density at radius 3 is 2.72 bits per heavy atom. The van der Waals surface area contributed by atoms with Crippen LogP contribution in [0.25, 0.3) is 11.4 Å². The minimum atomic E-state index is -0.574. The highest BCUT2D eigenvalue weighted by Gasteiger charge is 2.48. The molecule has 2 aliphatic heterocycles. The lowest BCUT2D eigenvalue weighted by Gasteiger charge is -2.21. The summed E-state index contributed by atoms with van der Waals surface area (Å²) in [5, 5.41) is 9.98. The van der Waals surface area contributed by atoms with Gasteiger partial charge in [0.2, 0.25) is 0 Å². The number of aliphatic hydroxyl groups is 1. The van der Waals surface area contributed by atoms with Gasteiger partial charge in [0.1, 0.15) is 24.1 Å². The number of aliphatic hydroxyl groups excluding tert-OH is 1. The molecule has 2 aliphatic rings. The van der Waals surface area contributed by atoms with E-state index < -0.39 is 6.10 Å². The first-order chi connectivity index (χ1) is 12.1. The minimum absolute atomic E-state index is 0.0455. The summed E-state index contributed by atoms with van der Waals surface area (Å²) in [5.74, 6) is 2.07. The smallest absolute Gasteiger partial charge is 0.171 e. The van der Waals surface area contributed by atoms with E-state index in [0.717, 1.165) is 17.0 Å². The van der Waals surface area contributed by atoms with Crippen LogP contribution in [0.3, 0.4) is 0 Å². The topological polar surface area (TPSA) is 75.0 Å². The largest absolute Gasteiger partial charge is 0.493 e. The van der Waals surface area contributed by atoms with E-state index in [9.17, 15) is 5.11 Å². The van der Waals surface area contributed by atoms with E-state index in [1.807, 2.05) is 29.8 Å². The zero-order valence-electron chi connectivity index (χ0n) is 14.5. The second-order valence-corrected chi connectivity index (χ2v) is 6.44. The van der Waals surface area contributed by atoms with Crippen LogP contribution in [0, 0.1) is 6.92 Å². The van der Waals surface area contributed by atoms with E-state index >= 15 is 0 Å². The molecule has 2 aromatic rings. The number of hydrogen-bond donors (Lipinski definition) is 1. The van der Waals surface area contributed by atoms with Crippen molar-refractivity contribution in [1.82, 2.24) is 9.55 Å². The van der Waals surface area contributed by atoms with Gasteiger partial charge < -0.3 is 28.6 Å². The second kappa shape index (κ2) is 6.33. The molecule has 4 rings (SSSR count). The molecular formula is C18H22N2O5. The molecule has 3 heterocycles. The molecule has 4 atom stereocenters. The van der Waals surface area contributed by atoms with Gasteiger partial charge in [0, 0.05) is 12.4 Å². The highest BCUT2D eigenvalue weighted by Crippen LogP contribution is 2.41. The Labute approximate surface area is 146 Å². The van der Waals surface area contributed by atoms with Crippen molar-refractivity contribution in [3.05, 3.63) is 30.1 Å². The zero-order valence-corrected chi connectivity index (χ0v) is 14.5. The molecule has 0 spiro atoms. The molecule has 0 saturated carbocycles. The predicted octanol–water partition coefficient (Wildman–Crippen LogP) is 1.58. The standard InChI is InChI=1S/C18H22N2O5/c1-10-6-11(15(23-3)14(7-10)22-2)18-19-4-5-20(18)12-8-24-17-13(21)9-25-16(12)17/h4-7,12-13,16-17,21H,8-9H2,1-3H3/t12-,13-,16-,17-/m1/s1. The molecule has 1 aromatic heterocycles. The lowest BCUT2D eigenvalue weighted by Crippen LogP contribution is -2.30. The molecule has 2 saturated heterocycles. The van der Waals surface area contributed by atoms with Crippen molar-refractivity contribution in [3.8, 4) is 22.9 Å². The number of ether oxygens (including phenoxy) is 4. The Morgan fingerprint density at radius 2 is 1.96 bits per heavy atom. The molecule has 0 unspecified atom stereocenters. The first-order valence-electron chi connectivity index (χ1n) is 8.31. The Hall–Kier alpha value is -2.09. The molecule has 7 heteroatoms. The summed E-state index contributed by atoms with van der Waals surface area (Å²) in [7, 11) is 3.24.